The Balaban J connectivity index is 1.78. The lowest BCUT2D eigenvalue weighted by molar-refractivity contribution is 0.203. The van der Waals surface area contributed by atoms with E-state index < -0.39 is 0 Å². The van der Waals surface area contributed by atoms with Gasteiger partial charge in [-0.3, -0.25) is 4.68 Å². The molecule has 1 saturated carbocycles. The van der Waals surface area contributed by atoms with E-state index in [4.69, 9.17) is 10.5 Å². The summed E-state index contributed by atoms with van der Waals surface area (Å²) in [5.41, 5.74) is 7.66. The summed E-state index contributed by atoms with van der Waals surface area (Å²) in [5, 5.41) is 5.47. The Hall–Kier alpha value is -1.71. The molecule has 1 aromatic carbocycles. The van der Waals surface area contributed by atoms with Gasteiger partial charge < -0.3 is 10.5 Å². The van der Waals surface area contributed by atoms with Gasteiger partial charge in [-0.25, -0.2) is 0 Å². The molecule has 1 aromatic heterocycles. The zero-order valence-electron chi connectivity index (χ0n) is 11.4. The van der Waals surface area contributed by atoms with Gasteiger partial charge in [0.25, 0.3) is 0 Å². The Kier molecular flexibility index (Phi) is 3.32. The van der Waals surface area contributed by atoms with Gasteiger partial charge in [-0.1, -0.05) is 19.3 Å². The highest BCUT2D eigenvalue weighted by Crippen LogP contribution is 2.29. The van der Waals surface area contributed by atoms with E-state index in [1.165, 1.54) is 32.1 Å². The molecule has 102 valence electrons. The van der Waals surface area contributed by atoms with Crippen molar-refractivity contribution >= 4 is 16.6 Å². The molecule has 2 N–H and O–H groups in total. The highest BCUT2D eigenvalue weighted by molar-refractivity contribution is 5.87. The third kappa shape index (κ3) is 2.53. The van der Waals surface area contributed by atoms with E-state index in [9.17, 15) is 0 Å². The summed E-state index contributed by atoms with van der Waals surface area (Å²) in [5.74, 6) is 1.40. The molecule has 3 rings (SSSR count). The number of nitrogens with zero attached hydrogens (tertiary/aromatic N) is 2. The highest BCUT2D eigenvalue weighted by atomic mass is 16.5. The van der Waals surface area contributed by atoms with E-state index in [0.717, 1.165) is 29.1 Å². The molecule has 0 saturated heterocycles. The largest absolute Gasteiger partial charge is 0.476 e. The molecular formula is C15H21N3O. The van der Waals surface area contributed by atoms with E-state index in [2.05, 4.69) is 5.10 Å². The van der Waals surface area contributed by atoms with E-state index >= 15 is 0 Å². The summed E-state index contributed by atoms with van der Waals surface area (Å²) in [6, 6.07) is 5.83. The van der Waals surface area contributed by atoms with Crippen LogP contribution in [0.2, 0.25) is 0 Å². The molecule has 0 unspecified atom stereocenters. The summed E-state index contributed by atoms with van der Waals surface area (Å²) in [4.78, 5) is 0. The fraction of sp³-hybridized carbons (Fsp3) is 0.533. The number of nitrogen functional groups attached to an aromatic ring is 1. The molecule has 0 aliphatic heterocycles. The first-order valence-electron chi connectivity index (χ1n) is 7.09. The van der Waals surface area contributed by atoms with Crippen molar-refractivity contribution in [2.75, 3.05) is 12.3 Å². The van der Waals surface area contributed by atoms with Crippen LogP contribution in [0.25, 0.3) is 10.9 Å². The van der Waals surface area contributed by atoms with Crippen molar-refractivity contribution in [1.29, 1.82) is 0 Å². The minimum Gasteiger partial charge on any atom is -0.476 e. The first kappa shape index (κ1) is 12.3. The van der Waals surface area contributed by atoms with Gasteiger partial charge in [-0.05, 0) is 37.0 Å². The fourth-order valence-corrected chi connectivity index (χ4v) is 2.91. The molecule has 1 fully saturated rings. The van der Waals surface area contributed by atoms with Gasteiger partial charge >= 0.3 is 0 Å². The number of aryl methyl sites for hydroxylation is 1. The molecule has 0 bridgehead atoms. The number of ether oxygens (including phenoxy) is 1. The zero-order valence-corrected chi connectivity index (χ0v) is 11.4. The van der Waals surface area contributed by atoms with Gasteiger partial charge in [0.15, 0.2) is 0 Å². The van der Waals surface area contributed by atoms with Crippen molar-refractivity contribution in [3.05, 3.63) is 18.2 Å². The predicted octanol–water partition coefficient (Wildman–Crippen LogP) is 3.11. The Labute approximate surface area is 113 Å². The van der Waals surface area contributed by atoms with Crippen LogP contribution in [0.4, 0.5) is 5.69 Å². The number of hydrogen-bond donors (Lipinski definition) is 1. The highest BCUT2D eigenvalue weighted by Gasteiger charge is 2.16. The molecule has 0 radical (unpaired) electrons. The summed E-state index contributed by atoms with van der Waals surface area (Å²) >= 11 is 0. The van der Waals surface area contributed by atoms with Gasteiger partial charge in [0.1, 0.15) is 0 Å². The second kappa shape index (κ2) is 5.11. The maximum Gasteiger partial charge on any atom is 0.240 e. The lowest BCUT2D eigenvalue weighted by Gasteiger charge is -2.20. The summed E-state index contributed by atoms with van der Waals surface area (Å²) < 4.78 is 7.80. The average molecular weight is 259 g/mol. The minimum absolute atomic E-state index is 0.687. The van der Waals surface area contributed by atoms with Crippen molar-refractivity contribution in [2.45, 2.75) is 32.1 Å². The van der Waals surface area contributed by atoms with Crippen molar-refractivity contribution < 1.29 is 4.74 Å². The molecule has 0 amide bonds. The van der Waals surface area contributed by atoms with Crippen LogP contribution in [0, 0.1) is 5.92 Å². The van der Waals surface area contributed by atoms with Gasteiger partial charge in [0.2, 0.25) is 5.88 Å². The van der Waals surface area contributed by atoms with Crippen LogP contribution in [0.3, 0.4) is 0 Å². The number of benzene rings is 1. The molecular weight excluding hydrogens is 238 g/mol. The SMILES string of the molecule is Cn1nc(OCC2CCCCC2)c2cc(N)ccc21. The van der Waals surface area contributed by atoms with Crippen LogP contribution < -0.4 is 10.5 Å². The normalized spacial score (nSPS) is 16.9. The summed E-state index contributed by atoms with van der Waals surface area (Å²) in [6.45, 7) is 0.779. The van der Waals surface area contributed by atoms with Gasteiger partial charge in [-0.15, -0.1) is 5.10 Å². The maximum absolute atomic E-state index is 5.95. The first-order chi connectivity index (χ1) is 9.24. The Bertz CT molecular complexity index is 570. The monoisotopic (exact) mass is 259 g/mol. The van der Waals surface area contributed by atoms with Crippen LogP contribution in [0.1, 0.15) is 32.1 Å². The van der Waals surface area contributed by atoms with Crippen LogP contribution >= 0.6 is 0 Å². The van der Waals surface area contributed by atoms with Crippen molar-refractivity contribution in [1.82, 2.24) is 9.78 Å². The van der Waals surface area contributed by atoms with E-state index in [0.29, 0.717) is 5.92 Å². The molecule has 0 atom stereocenters. The molecule has 4 heteroatoms. The zero-order chi connectivity index (χ0) is 13.2. The van der Waals surface area contributed by atoms with Crippen LogP contribution in [-0.4, -0.2) is 16.4 Å². The number of hydrogen-bond acceptors (Lipinski definition) is 3. The molecule has 19 heavy (non-hydrogen) atoms. The third-order valence-corrected chi connectivity index (χ3v) is 4.02. The lowest BCUT2D eigenvalue weighted by atomic mass is 9.90. The fourth-order valence-electron chi connectivity index (χ4n) is 2.91. The lowest BCUT2D eigenvalue weighted by Crippen LogP contribution is -2.15. The molecule has 1 aliphatic rings. The smallest absolute Gasteiger partial charge is 0.240 e. The molecule has 2 aromatic rings. The predicted molar refractivity (Wildman–Crippen MR) is 77.2 cm³/mol. The second-order valence-electron chi connectivity index (χ2n) is 5.52. The molecule has 1 aliphatic carbocycles. The molecule has 4 nitrogen and oxygen atoms in total. The standard InChI is InChI=1S/C15H21N3O/c1-18-14-8-7-12(16)9-13(14)15(17-18)19-10-11-5-3-2-4-6-11/h7-9,11H,2-6,10,16H2,1H3. The molecule has 1 heterocycles. The summed E-state index contributed by atoms with van der Waals surface area (Å²) in [7, 11) is 1.94. The quantitative estimate of drug-likeness (QED) is 0.862. The number of fused-ring (bicyclic) bond motifs is 1. The summed E-state index contributed by atoms with van der Waals surface area (Å²) in [6.07, 6.45) is 6.62. The Morgan fingerprint density at radius 1 is 1.32 bits per heavy atom. The van der Waals surface area contributed by atoms with Crippen LogP contribution in [-0.2, 0) is 7.05 Å². The van der Waals surface area contributed by atoms with Gasteiger partial charge in [0.05, 0.1) is 17.5 Å². The number of nitrogens with two attached hydrogens (primary N) is 1. The minimum atomic E-state index is 0.687. The van der Waals surface area contributed by atoms with Crippen molar-refractivity contribution in [2.24, 2.45) is 13.0 Å². The molecule has 0 spiro atoms. The Morgan fingerprint density at radius 3 is 2.89 bits per heavy atom. The maximum atomic E-state index is 5.95. The number of aromatic nitrogens is 2. The van der Waals surface area contributed by atoms with Crippen molar-refractivity contribution in [3.63, 3.8) is 0 Å². The van der Waals surface area contributed by atoms with E-state index in [-0.39, 0.29) is 0 Å². The average Bonchev–Trinajstić information content (AvgIpc) is 2.74. The van der Waals surface area contributed by atoms with Gasteiger partial charge in [0, 0.05) is 12.7 Å². The third-order valence-electron chi connectivity index (χ3n) is 4.02. The van der Waals surface area contributed by atoms with E-state index in [1.54, 1.807) is 0 Å². The Morgan fingerprint density at radius 2 is 2.11 bits per heavy atom. The van der Waals surface area contributed by atoms with E-state index in [1.807, 2.05) is 29.9 Å². The topological polar surface area (TPSA) is 53.1 Å². The first-order valence-corrected chi connectivity index (χ1v) is 7.09. The second-order valence-corrected chi connectivity index (χ2v) is 5.52. The van der Waals surface area contributed by atoms with Crippen LogP contribution in [0.15, 0.2) is 18.2 Å². The number of rotatable bonds is 3. The van der Waals surface area contributed by atoms with Crippen molar-refractivity contribution in [3.8, 4) is 5.88 Å². The number of anilines is 1. The van der Waals surface area contributed by atoms with Crippen LogP contribution in [0.5, 0.6) is 5.88 Å². The van der Waals surface area contributed by atoms with Gasteiger partial charge in [-0.2, -0.15) is 0 Å².